The summed E-state index contributed by atoms with van der Waals surface area (Å²) in [5.41, 5.74) is 5.92. The van der Waals surface area contributed by atoms with E-state index >= 15 is 0 Å². The molecule has 0 saturated carbocycles. The van der Waals surface area contributed by atoms with Crippen LogP contribution in [0.25, 0.3) is 0 Å². The van der Waals surface area contributed by atoms with Crippen LogP contribution in [0.3, 0.4) is 0 Å². The number of H-pyrrole nitrogens is 1. The Morgan fingerprint density at radius 3 is 2.50 bits per heavy atom. The molecule has 2 rings (SSSR count). The molecular weight excluding hydrogens is 282 g/mol. The second-order valence-electron chi connectivity index (χ2n) is 3.41. The molecule has 0 radical (unpaired) electrons. The molecule has 1 aromatic carbocycles. The summed E-state index contributed by atoms with van der Waals surface area (Å²) in [5.74, 6) is -1.11. The van der Waals surface area contributed by atoms with Gasteiger partial charge in [-0.25, -0.2) is 4.39 Å². The van der Waals surface area contributed by atoms with Crippen molar-refractivity contribution in [1.82, 2.24) is 10.2 Å². The van der Waals surface area contributed by atoms with E-state index in [1.807, 2.05) is 0 Å². The molecule has 1 heterocycles. The first-order valence-corrected chi connectivity index (χ1v) is 5.49. The molecule has 1 amide bonds. The van der Waals surface area contributed by atoms with Crippen LogP contribution in [0, 0.1) is 5.82 Å². The van der Waals surface area contributed by atoms with Crippen LogP contribution in [0.1, 0.15) is 10.4 Å². The Hall–Kier alpha value is -1.79. The summed E-state index contributed by atoms with van der Waals surface area (Å²) in [5, 5.41) is 8.15. The number of nitrogens with one attached hydrogen (secondary N) is 2. The van der Waals surface area contributed by atoms with Crippen LogP contribution in [-0.4, -0.2) is 16.1 Å². The van der Waals surface area contributed by atoms with Crippen molar-refractivity contribution < 1.29 is 9.18 Å². The number of anilines is 2. The van der Waals surface area contributed by atoms with Crippen LogP contribution < -0.4 is 11.1 Å². The van der Waals surface area contributed by atoms with E-state index in [1.54, 1.807) is 0 Å². The molecule has 1 aromatic heterocycles. The molecule has 4 N–H and O–H groups in total. The topological polar surface area (TPSA) is 83.8 Å². The van der Waals surface area contributed by atoms with E-state index in [-0.39, 0.29) is 27.1 Å². The summed E-state index contributed by atoms with van der Waals surface area (Å²) in [6.45, 7) is 0. The van der Waals surface area contributed by atoms with Gasteiger partial charge >= 0.3 is 0 Å². The predicted octanol–water partition coefficient (Wildman–Crippen LogP) is 2.69. The molecular formula is C10H7Cl2FN4O. The zero-order valence-electron chi connectivity index (χ0n) is 8.80. The molecule has 94 valence electrons. The normalized spacial score (nSPS) is 10.4. The van der Waals surface area contributed by atoms with Crippen molar-refractivity contribution in [3.63, 3.8) is 0 Å². The molecule has 2 aromatic rings. The number of carbonyl (C=O) groups is 1. The minimum absolute atomic E-state index is 0.131. The maximum absolute atomic E-state index is 13.2. The van der Waals surface area contributed by atoms with Crippen molar-refractivity contribution in [3.05, 3.63) is 39.8 Å². The number of hydrogen-bond donors (Lipinski definition) is 3. The number of nitrogen functional groups attached to an aromatic ring is 1. The average molecular weight is 289 g/mol. The van der Waals surface area contributed by atoms with Gasteiger partial charge in [0.15, 0.2) is 5.82 Å². The summed E-state index contributed by atoms with van der Waals surface area (Å²) in [6, 6.07) is 2.49. The predicted molar refractivity (Wildman–Crippen MR) is 67.4 cm³/mol. The van der Waals surface area contributed by atoms with E-state index < -0.39 is 11.7 Å². The van der Waals surface area contributed by atoms with Crippen LogP contribution in [0.5, 0.6) is 0 Å². The molecule has 0 spiro atoms. The number of halogens is 3. The highest BCUT2D eigenvalue weighted by Crippen LogP contribution is 2.27. The van der Waals surface area contributed by atoms with Gasteiger partial charge in [-0.05, 0) is 12.1 Å². The zero-order chi connectivity index (χ0) is 13.3. The molecule has 0 bridgehead atoms. The Balaban J connectivity index is 2.25. The number of aromatic nitrogens is 2. The average Bonchev–Trinajstić information content (AvgIpc) is 2.72. The summed E-state index contributed by atoms with van der Waals surface area (Å²) < 4.78 is 13.2. The first kappa shape index (κ1) is 12.7. The van der Waals surface area contributed by atoms with Gasteiger partial charge in [0.1, 0.15) is 11.4 Å². The molecule has 8 heteroatoms. The molecule has 18 heavy (non-hydrogen) atoms. The Morgan fingerprint density at radius 1 is 1.39 bits per heavy atom. The summed E-state index contributed by atoms with van der Waals surface area (Å²) >= 11 is 11.2. The third-order valence-electron chi connectivity index (χ3n) is 2.16. The molecule has 0 saturated heterocycles. The van der Waals surface area contributed by atoms with Crippen LogP contribution in [0.15, 0.2) is 18.3 Å². The molecule has 0 aliphatic carbocycles. The van der Waals surface area contributed by atoms with Crippen molar-refractivity contribution in [3.8, 4) is 0 Å². The highest BCUT2D eigenvalue weighted by atomic mass is 35.5. The second kappa shape index (κ2) is 4.83. The molecule has 0 atom stereocenters. The van der Waals surface area contributed by atoms with Gasteiger partial charge in [0, 0.05) is 5.69 Å². The zero-order valence-corrected chi connectivity index (χ0v) is 10.3. The Morgan fingerprint density at radius 2 is 2.00 bits per heavy atom. The number of aromatic amines is 1. The Kier molecular flexibility index (Phi) is 3.40. The second-order valence-corrected chi connectivity index (χ2v) is 4.22. The van der Waals surface area contributed by atoms with Crippen molar-refractivity contribution in [2.45, 2.75) is 0 Å². The fourth-order valence-electron chi connectivity index (χ4n) is 1.30. The first-order valence-electron chi connectivity index (χ1n) is 4.73. The highest BCUT2D eigenvalue weighted by Gasteiger charge is 2.14. The maximum Gasteiger partial charge on any atom is 0.261 e. The third-order valence-corrected chi connectivity index (χ3v) is 2.71. The smallest absolute Gasteiger partial charge is 0.261 e. The number of amides is 1. The fourth-order valence-corrected chi connectivity index (χ4v) is 1.79. The largest absolute Gasteiger partial charge is 0.383 e. The molecule has 0 aliphatic rings. The van der Waals surface area contributed by atoms with Crippen molar-refractivity contribution >= 4 is 40.6 Å². The lowest BCUT2D eigenvalue weighted by atomic mass is 10.2. The maximum atomic E-state index is 13.2. The van der Waals surface area contributed by atoms with E-state index in [4.69, 9.17) is 28.9 Å². The summed E-state index contributed by atoms with van der Waals surface area (Å²) in [4.78, 5) is 11.8. The van der Waals surface area contributed by atoms with Gasteiger partial charge in [0.25, 0.3) is 5.91 Å². The number of rotatable bonds is 2. The number of benzene rings is 1. The molecule has 5 nitrogen and oxygen atoms in total. The molecule has 0 unspecified atom stereocenters. The summed E-state index contributed by atoms with van der Waals surface area (Å²) in [6.07, 6.45) is 1.28. The quantitative estimate of drug-likeness (QED) is 0.743. The SMILES string of the molecule is Nc1[nH]ncc1C(=O)Nc1cc(Cl)c(F)c(Cl)c1. The van der Waals surface area contributed by atoms with Crippen LogP contribution in [-0.2, 0) is 0 Å². The van der Waals surface area contributed by atoms with Crippen LogP contribution in [0.4, 0.5) is 15.9 Å². The van der Waals surface area contributed by atoms with E-state index in [1.165, 1.54) is 18.3 Å². The monoisotopic (exact) mass is 288 g/mol. The lowest BCUT2D eigenvalue weighted by Gasteiger charge is -2.06. The van der Waals surface area contributed by atoms with Gasteiger partial charge in [0.2, 0.25) is 0 Å². The third kappa shape index (κ3) is 2.39. The number of hydrogen-bond acceptors (Lipinski definition) is 3. The lowest BCUT2D eigenvalue weighted by Crippen LogP contribution is -2.13. The number of nitrogens with two attached hydrogens (primary N) is 1. The molecule has 0 aliphatic heterocycles. The lowest BCUT2D eigenvalue weighted by molar-refractivity contribution is 0.102. The van der Waals surface area contributed by atoms with Gasteiger partial charge in [-0.1, -0.05) is 23.2 Å². The number of nitrogens with zero attached hydrogens (tertiary/aromatic N) is 1. The number of carbonyl (C=O) groups excluding carboxylic acids is 1. The van der Waals surface area contributed by atoms with Gasteiger partial charge in [0.05, 0.1) is 16.2 Å². The standard InChI is InChI=1S/C10H7Cl2FN4O/c11-6-1-4(2-7(12)8(6)13)16-10(18)5-3-15-17-9(5)14/h1-3H,(H,16,18)(H3,14,15,17). The van der Waals surface area contributed by atoms with E-state index in [9.17, 15) is 9.18 Å². The van der Waals surface area contributed by atoms with Crippen LogP contribution in [0.2, 0.25) is 10.0 Å². The first-order chi connectivity index (χ1) is 8.49. The van der Waals surface area contributed by atoms with E-state index in [0.717, 1.165) is 0 Å². The van der Waals surface area contributed by atoms with Crippen LogP contribution >= 0.6 is 23.2 Å². The minimum Gasteiger partial charge on any atom is -0.383 e. The van der Waals surface area contributed by atoms with E-state index in [0.29, 0.717) is 0 Å². The Labute approximate surface area is 111 Å². The van der Waals surface area contributed by atoms with Gasteiger partial charge in [-0.2, -0.15) is 5.10 Å². The van der Waals surface area contributed by atoms with Gasteiger partial charge in [-0.3, -0.25) is 9.89 Å². The summed E-state index contributed by atoms with van der Waals surface area (Å²) in [7, 11) is 0. The van der Waals surface area contributed by atoms with Gasteiger partial charge in [-0.15, -0.1) is 0 Å². The fraction of sp³-hybridized carbons (Fsp3) is 0. The van der Waals surface area contributed by atoms with Crippen molar-refractivity contribution in [2.75, 3.05) is 11.1 Å². The van der Waals surface area contributed by atoms with Gasteiger partial charge < -0.3 is 11.1 Å². The molecule has 0 fully saturated rings. The van der Waals surface area contributed by atoms with Crippen molar-refractivity contribution in [2.24, 2.45) is 0 Å². The highest BCUT2D eigenvalue weighted by molar-refractivity contribution is 6.35. The minimum atomic E-state index is -0.737. The Bertz CT molecular complexity index is 591. The van der Waals surface area contributed by atoms with Crippen molar-refractivity contribution in [1.29, 1.82) is 0 Å². The van der Waals surface area contributed by atoms with E-state index in [2.05, 4.69) is 15.5 Å².